The zero-order chi connectivity index (χ0) is 18.6. The van der Waals surface area contributed by atoms with Crippen molar-refractivity contribution in [1.29, 1.82) is 0 Å². The molecule has 0 aliphatic carbocycles. The van der Waals surface area contributed by atoms with Gasteiger partial charge in [0.05, 0.1) is 12.6 Å². The summed E-state index contributed by atoms with van der Waals surface area (Å²) < 4.78 is 13.8. The third-order valence-electron chi connectivity index (χ3n) is 5.49. The van der Waals surface area contributed by atoms with Crippen LogP contribution in [0.5, 0.6) is 0 Å². The molecule has 2 N–H and O–H groups in total. The van der Waals surface area contributed by atoms with Crippen molar-refractivity contribution < 1.29 is 9.18 Å². The lowest BCUT2D eigenvalue weighted by Crippen LogP contribution is -2.55. The van der Waals surface area contributed by atoms with Crippen LogP contribution in [0.15, 0.2) is 54.6 Å². The Morgan fingerprint density at radius 3 is 2.41 bits per heavy atom. The largest absolute Gasteiger partial charge is 0.340 e. The number of piperazine rings is 1. The van der Waals surface area contributed by atoms with Crippen molar-refractivity contribution in [1.82, 2.24) is 20.7 Å². The van der Waals surface area contributed by atoms with Crippen molar-refractivity contribution in [2.24, 2.45) is 0 Å². The van der Waals surface area contributed by atoms with E-state index in [1.807, 2.05) is 11.0 Å². The quantitative estimate of drug-likeness (QED) is 0.868. The van der Waals surface area contributed by atoms with Gasteiger partial charge in [0.1, 0.15) is 5.82 Å². The van der Waals surface area contributed by atoms with Crippen molar-refractivity contribution in [2.75, 3.05) is 26.2 Å². The fraction of sp³-hybridized carbons (Fsp3) is 0.381. The molecule has 0 saturated carbocycles. The van der Waals surface area contributed by atoms with Crippen LogP contribution in [0.2, 0.25) is 0 Å². The van der Waals surface area contributed by atoms with Crippen LogP contribution in [0, 0.1) is 5.82 Å². The van der Waals surface area contributed by atoms with Crippen LogP contribution < -0.4 is 10.9 Å². The standard InChI is InChI=1S/C21H25FN4O/c22-18-9-5-4-8-17(18)14-21(27)26-12-10-25(11-13-26)20-15-19(23-24-20)16-6-2-1-3-7-16/h1-9,19-20,23-24H,10-15H2. The van der Waals surface area contributed by atoms with E-state index in [1.54, 1.807) is 18.2 Å². The van der Waals surface area contributed by atoms with E-state index in [4.69, 9.17) is 0 Å². The van der Waals surface area contributed by atoms with E-state index in [1.165, 1.54) is 11.6 Å². The van der Waals surface area contributed by atoms with Gasteiger partial charge in [0.2, 0.25) is 5.91 Å². The SMILES string of the molecule is O=C(Cc1ccccc1F)N1CCN(C2CC(c3ccccc3)NN2)CC1. The van der Waals surface area contributed by atoms with Crippen LogP contribution in [0.1, 0.15) is 23.6 Å². The predicted octanol–water partition coefficient (Wildman–Crippen LogP) is 2.08. The number of amides is 1. The number of hydrogen-bond donors (Lipinski definition) is 2. The Morgan fingerprint density at radius 1 is 0.963 bits per heavy atom. The molecule has 0 aromatic heterocycles. The minimum Gasteiger partial charge on any atom is -0.340 e. The molecule has 2 aromatic carbocycles. The van der Waals surface area contributed by atoms with Gasteiger partial charge < -0.3 is 4.90 Å². The fourth-order valence-corrected chi connectivity index (χ4v) is 3.88. The molecule has 2 heterocycles. The summed E-state index contributed by atoms with van der Waals surface area (Å²) in [6.07, 6.45) is 1.39. The summed E-state index contributed by atoms with van der Waals surface area (Å²) in [7, 11) is 0. The van der Waals surface area contributed by atoms with Gasteiger partial charge >= 0.3 is 0 Å². The van der Waals surface area contributed by atoms with E-state index in [-0.39, 0.29) is 24.3 Å². The fourth-order valence-electron chi connectivity index (χ4n) is 3.88. The second kappa shape index (κ2) is 8.17. The number of nitrogens with one attached hydrogen (secondary N) is 2. The average Bonchev–Trinajstić information content (AvgIpc) is 3.21. The van der Waals surface area contributed by atoms with E-state index >= 15 is 0 Å². The topological polar surface area (TPSA) is 47.6 Å². The van der Waals surface area contributed by atoms with Crippen molar-refractivity contribution in [2.45, 2.75) is 25.0 Å². The number of rotatable bonds is 4. The van der Waals surface area contributed by atoms with E-state index in [0.29, 0.717) is 24.7 Å². The summed E-state index contributed by atoms with van der Waals surface area (Å²) in [5, 5.41) is 0. The maximum Gasteiger partial charge on any atom is 0.227 e. The Kier molecular flexibility index (Phi) is 5.48. The number of halogens is 1. The molecule has 2 saturated heterocycles. The first-order chi connectivity index (χ1) is 13.2. The molecule has 2 atom stereocenters. The highest BCUT2D eigenvalue weighted by atomic mass is 19.1. The number of nitrogens with zero attached hydrogens (tertiary/aromatic N) is 2. The first-order valence-electron chi connectivity index (χ1n) is 9.52. The zero-order valence-corrected chi connectivity index (χ0v) is 15.3. The first-order valence-corrected chi connectivity index (χ1v) is 9.52. The average molecular weight is 368 g/mol. The summed E-state index contributed by atoms with van der Waals surface area (Å²) in [6, 6.07) is 17.2. The van der Waals surface area contributed by atoms with Crippen LogP contribution in [-0.2, 0) is 11.2 Å². The lowest BCUT2D eigenvalue weighted by Gasteiger charge is -2.37. The number of carbonyl (C=O) groups is 1. The van der Waals surface area contributed by atoms with E-state index in [0.717, 1.165) is 19.5 Å². The van der Waals surface area contributed by atoms with Crippen LogP contribution in [-0.4, -0.2) is 48.1 Å². The Morgan fingerprint density at radius 2 is 1.67 bits per heavy atom. The highest BCUT2D eigenvalue weighted by molar-refractivity contribution is 5.79. The van der Waals surface area contributed by atoms with Crippen molar-refractivity contribution >= 4 is 5.91 Å². The summed E-state index contributed by atoms with van der Waals surface area (Å²) in [5.41, 5.74) is 8.52. The van der Waals surface area contributed by atoms with Gasteiger partial charge in [-0.15, -0.1) is 0 Å². The minimum absolute atomic E-state index is 0.000539. The van der Waals surface area contributed by atoms with Crippen LogP contribution >= 0.6 is 0 Å². The molecule has 2 unspecified atom stereocenters. The van der Waals surface area contributed by atoms with Gasteiger partial charge in [0, 0.05) is 32.2 Å². The summed E-state index contributed by atoms with van der Waals surface area (Å²) in [5.74, 6) is -0.308. The van der Waals surface area contributed by atoms with Gasteiger partial charge in [0.25, 0.3) is 0 Å². The molecule has 2 aliphatic rings. The Hall–Kier alpha value is -2.28. The molecule has 5 nitrogen and oxygen atoms in total. The smallest absolute Gasteiger partial charge is 0.227 e. The molecule has 6 heteroatoms. The predicted molar refractivity (Wildman–Crippen MR) is 102 cm³/mol. The minimum atomic E-state index is -0.308. The highest BCUT2D eigenvalue weighted by Gasteiger charge is 2.32. The van der Waals surface area contributed by atoms with Gasteiger partial charge in [-0.1, -0.05) is 48.5 Å². The summed E-state index contributed by atoms with van der Waals surface area (Å²) >= 11 is 0. The number of carbonyl (C=O) groups excluding carboxylic acids is 1. The highest BCUT2D eigenvalue weighted by Crippen LogP contribution is 2.24. The first kappa shape index (κ1) is 18.1. The molecule has 2 aromatic rings. The second-order valence-corrected chi connectivity index (χ2v) is 7.19. The normalized spacial score (nSPS) is 23.5. The Balaban J connectivity index is 1.28. The molecule has 4 rings (SSSR count). The lowest BCUT2D eigenvalue weighted by atomic mass is 10.0. The zero-order valence-electron chi connectivity index (χ0n) is 15.3. The maximum atomic E-state index is 13.8. The monoisotopic (exact) mass is 368 g/mol. The van der Waals surface area contributed by atoms with Crippen LogP contribution in [0.4, 0.5) is 4.39 Å². The van der Waals surface area contributed by atoms with Crippen molar-refractivity contribution in [3.8, 4) is 0 Å². The molecule has 142 valence electrons. The number of hydrazine groups is 1. The number of hydrogen-bond acceptors (Lipinski definition) is 4. The number of benzene rings is 2. The third-order valence-corrected chi connectivity index (χ3v) is 5.49. The van der Waals surface area contributed by atoms with Crippen LogP contribution in [0.3, 0.4) is 0 Å². The van der Waals surface area contributed by atoms with Gasteiger partial charge in [-0.05, 0) is 23.6 Å². The molecule has 27 heavy (non-hydrogen) atoms. The van der Waals surface area contributed by atoms with Gasteiger partial charge in [-0.2, -0.15) is 0 Å². The van der Waals surface area contributed by atoms with Gasteiger partial charge in [-0.25, -0.2) is 15.2 Å². The van der Waals surface area contributed by atoms with E-state index < -0.39 is 0 Å². The molecule has 0 spiro atoms. The maximum absolute atomic E-state index is 13.8. The molecule has 2 aliphatic heterocycles. The van der Waals surface area contributed by atoms with Gasteiger partial charge in [0.15, 0.2) is 0 Å². The summed E-state index contributed by atoms with van der Waals surface area (Å²) in [6.45, 7) is 3.01. The molecular weight excluding hydrogens is 343 g/mol. The summed E-state index contributed by atoms with van der Waals surface area (Å²) in [4.78, 5) is 16.7. The Labute approximate surface area is 159 Å². The van der Waals surface area contributed by atoms with Crippen molar-refractivity contribution in [3.63, 3.8) is 0 Å². The third kappa shape index (κ3) is 4.18. The van der Waals surface area contributed by atoms with Crippen LogP contribution in [0.25, 0.3) is 0 Å². The van der Waals surface area contributed by atoms with Gasteiger partial charge in [-0.3, -0.25) is 9.69 Å². The lowest BCUT2D eigenvalue weighted by molar-refractivity contribution is -0.132. The molecule has 2 fully saturated rings. The molecule has 1 amide bonds. The molecule has 0 radical (unpaired) electrons. The van der Waals surface area contributed by atoms with Crippen molar-refractivity contribution in [3.05, 3.63) is 71.5 Å². The van der Waals surface area contributed by atoms with E-state index in [9.17, 15) is 9.18 Å². The second-order valence-electron chi connectivity index (χ2n) is 7.19. The van der Waals surface area contributed by atoms with E-state index in [2.05, 4.69) is 40.0 Å². The Bertz CT molecular complexity index is 777. The molecule has 0 bridgehead atoms. The molecular formula is C21H25FN4O.